The van der Waals surface area contributed by atoms with E-state index in [0.29, 0.717) is 16.2 Å². The Hall–Kier alpha value is -2.41. The van der Waals surface area contributed by atoms with Gasteiger partial charge in [-0.25, -0.2) is 4.39 Å². The lowest BCUT2D eigenvalue weighted by molar-refractivity contribution is -0.387. The smallest absolute Gasteiger partial charge is 0.283 e. The number of halogens is 1. The zero-order valence-electron chi connectivity index (χ0n) is 10.6. The van der Waals surface area contributed by atoms with Gasteiger partial charge in [0.2, 0.25) is 0 Å². The van der Waals surface area contributed by atoms with Gasteiger partial charge in [0.1, 0.15) is 5.82 Å². The molecule has 0 saturated carbocycles. The normalized spacial score (nSPS) is 10.3. The maximum absolute atomic E-state index is 13.1. The highest BCUT2D eigenvalue weighted by Gasteiger charge is 2.15. The van der Waals surface area contributed by atoms with Crippen LogP contribution in [0.4, 0.5) is 10.1 Å². The van der Waals surface area contributed by atoms with E-state index in [1.165, 1.54) is 24.3 Å². The fourth-order valence-corrected chi connectivity index (χ4v) is 2.64. The standard InChI is InChI=1S/C14H10FNO4S/c15-11-3-1-2-9(6-11)8-21-13-5-4-10(14(17)18)7-12(13)16(19)20/h1-7H,8H2,(H,17,18)/p-1. The van der Waals surface area contributed by atoms with Crippen LogP contribution in [0.5, 0.6) is 0 Å². The summed E-state index contributed by atoms with van der Waals surface area (Å²) in [7, 11) is 0. The summed E-state index contributed by atoms with van der Waals surface area (Å²) in [6.45, 7) is 0. The van der Waals surface area contributed by atoms with Crippen molar-refractivity contribution in [1.82, 2.24) is 0 Å². The highest BCUT2D eigenvalue weighted by Crippen LogP contribution is 2.32. The number of hydrogen-bond donors (Lipinski definition) is 0. The van der Waals surface area contributed by atoms with E-state index in [4.69, 9.17) is 0 Å². The van der Waals surface area contributed by atoms with Crippen molar-refractivity contribution in [2.24, 2.45) is 0 Å². The van der Waals surface area contributed by atoms with Gasteiger partial charge in [0.15, 0.2) is 0 Å². The second-order valence-corrected chi connectivity index (χ2v) is 5.16. The molecule has 0 fully saturated rings. The molecule has 0 aromatic heterocycles. The lowest BCUT2D eigenvalue weighted by Gasteiger charge is -2.06. The Morgan fingerprint density at radius 3 is 2.62 bits per heavy atom. The molecule has 0 saturated heterocycles. The molecule has 0 aliphatic rings. The summed E-state index contributed by atoms with van der Waals surface area (Å²) in [6, 6.07) is 9.47. The van der Waals surface area contributed by atoms with Gasteiger partial charge in [0.25, 0.3) is 5.69 Å². The van der Waals surface area contributed by atoms with Crippen LogP contribution in [0.25, 0.3) is 0 Å². The number of nitrogens with zero attached hydrogens (tertiary/aromatic N) is 1. The van der Waals surface area contributed by atoms with Crippen molar-refractivity contribution >= 4 is 23.4 Å². The number of benzene rings is 2. The average Bonchev–Trinajstić information content (AvgIpc) is 2.44. The SMILES string of the molecule is O=C([O-])c1ccc(SCc2cccc(F)c2)c([N+](=O)[O-])c1. The predicted molar refractivity (Wildman–Crippen MR) is 73.4 cm³/mol. The van der Waals surface area contributed by atoms with E-state index >= 15 is 0 Å². The Morgan fingerprint density at radius 2 is 2.00 bits per heavy atom. The van der Waals surface area contributed by atoms with E-state index in [0.717, 1.165) is 17.8 Å². The van der Waals surface area contributed by atoms with E-state index < -0.39 is 10.9 Å². The minimum Gasteiger partial charge on any atom is -0.545 e. The van der Waals surface area contributed by atoms with Crippen LogP contribution >= 0.6 is 11.8 Å². The zero-order chi connectivity index (χ0) is 15.4. The zero-order valence-corrected chi connectivity index (χ0v) is 11.4. The number of carbonyl (C=O) groups excluding carboxylic acids is 1. The lowest BCUT2D eigenvalue weighted by Crippen LogP contribution is -2.22. The quantitative estimate of drug-likeness (QED) is 0.481. The van der Waals surface area contributed by atoms with Crippen LogP contribution in [0.1, 0.15) is 15.9 Å². The summed E-state index contributed by atoms with van der Waals surface area (Å²) >= 11 is 1.14. The van der Waals surface area contributed by atoms with Crippen molar-refractivity contribution in [3.8, 4) is 0 Å². The molecule has 0 aliphatic carbocycles. The van der Waals surface area contributed by atoms with Crippen LogP contribution in [-0.4, -0.2) is 10.9 Å². The van der Waals surface area contributed by atoms with E-state index in [9.17, 15) is 24.4 Å². The second kappa shape index (κ2) is 6.36. The summed E-state index contributed by atoms with van der Waals surface area (Å²) in [5, 5.41) is 21.7. The average molecular weight is 306 g/mol. The van der Waals surface area contributed by atoms with Gasteiger partial charge in [-0.05, 0) is 23.8 Å². The Bertz CT molecular complexity index is 705. The van der Waals surface area contributed by atoms with Gasteiger partial charge >= 0.3 is 0 Å². The molecule has 2 aromatic rings. The Labute approximate surface area is 123 Å². The first-order chi connectivity index (χ1) is 9.97. The fraction of sp³-hybridized carbons (Fsp3) is 0.0714. The third-order valence-electron chi connectivity index (χ3n) is 2.67. The molecule has 108 valence electrons. The van der Waals surface area contributed by atoms with Crippen LogP contribution in [0.15, 0.2) is 47.4 Å². The molecule has 0 atom stereocenters. The Balaban J connectivity index is 2.23. The Morgan fingerprint density at radius 1 is 1.24 bits per heavy atom. The molecular weight excluding hydrogens is 297 g/mol. The first-order valence-electron chi connectivity index (χ1n) is 5.84. The first-order valence-corrected chi connectivity index (χ1v) is 6.83. The Kier molecular flexibility index (Phi) is 4.54. The largest absolute Gasteiger partial charge is 0.545 e. The van der Waals surface area contributed by atoms with Crippen LogP contribution in [0.3, 0.4) is 0 Å². The molecule has 0 amide bonds. The topological polar surface area (TPSA) is 83.3 Å². The third kappa shape index (κ3) is 3.79. The molecule has 0 heterocycles. The van der Waals surface area contributed by atoms with Gasteiger partial charge in [0.05, 0.1) is 15.8 Å². The predicted octanol–water partition coefficient (Wildman–Crippen LogP) is 2.39. The van der Waals surface area contributed by atoms with Crippen molar-refractivity contribution in [3.63, 3.8) is 0 Å². The number of aromatic carboxylic acids is 1. The summed E-state index contributed by atoms with van der Waals surface area (Å²) in [6.07, 6.45) is 0. The minimum atomic E-state index is -1.47. The molecule has 0 bridgehead atoms. The van der Waals surface area contributed by atoms with Crippen molar-refractivity contribution in [2.75, 3.05) is 0 Å². The maximum Gasteiger partial charge on any atom is 0.283 e. The minimum absolute atomic E-state index is 0.253. The van der Waals surface area contributed by atoms with Crippen molar-refractivity contribution in [3.05, 3.63) is 69.5 Å². The summed E-state index contributed by atoms with van der Waals surface area (Å²) in [5.41, 5.74) is 0.119. The van der Waals surface area contributed by atoms with Crippen molar-refractivity contribution in [2.45, 2.75) is 10.6 Å². The number of carboxylic acids is 1. The van der Waals surface area contributed by atoms with Crippen LogP contribution in [0.2, 0.25) is 0 Å². The van der Waals surface area contributed by atoms with Crippen LogP contribution < -0.4 is 5.11 Å². The highest BCUT2D eigenvalue weighted by atomic mass is 32.2. The molecule has 2 aromatic carbocycles. The first kappa shape index (κ1) is 15.0. The van der Waals surface area contributed by atoms with Gasteiger partial charge in [-0.3, -0.25) is 10.1 Å². The van der Waals surface area contributed by atoms with Crippen molar-refractivity contribution < 1.29 is 19.2 Å². The molecule has 0 radical (unpaired) electrons. The van der Waals surface area contributed by atoms with Gasteiger partial charge in [-0.2, -0.15) is 0 Å². The number of carboxylic acid groups (broad SMARTS) is 1. The molecule has 0 aliphatic heterocycles. The highest BCUT2D eigenvalue weighted by molar-refractivity contribution is 7.98. The number of hydrogen-bond acceptors (Lipinski definition) is 5. The molecular formula is C14H9FNO4S-. The number of thioether (sulfide) groups is 1. The molecule has 5 nitrogen and oxygen atoms in total. The molecule has 2 rings (SSSR count). The van der Waals surface area contributed by atoms with Gasteiger partial charge in [0, 0.05) is 17.4 Å². The van der Waals surface area contributed by atoms with Crippen molar-refractivity contribution in [1.29, 1.82) is 0 Å². The second-order valence-electron chi connectivity index (χ2n) is 4.15. The number of rotatable bonds is 5. The fourth-order valence-electron chi connectivity index (χ4n) is 1.70. The molecule has 7 heteroatoms. The monoisotopic (exact) mass is 306 g/mol. The molecule has 0 N–H and O–H groups in total. The van der Waals surface area contributed by atoms with Gasteiger partial charge < -0.3 is 9.90 Å². The maximum atomic E-state index is 13.1. The van der Waals surface area contributed by atoms with Gasteiger partial charge in [-0.15, -0.1) is 11.8 Å². The number of nitro benzene ring substituents is 1. The number of carbonyl (C=O) groups is 1. The third-order valence-corrected chi connectivity index (χ3v) is 3.81. The summed E-state index contributed by atoms with van der Waals surface area (Å²) in [4.78, 5) is 21.4. The number of nitro groups is 1. The lowest BCUT2D eigenvalue weighted by atomic mass is 10.2. The molecule has 0 unspecified atom stereocenters. The van der Waals surface area contributed by atoms with E-state index in [-0.39, 0.29) is 17.1 Å². The van der Waals surface area contributed by atoms with Crippen LogP contribution in [0, 0.1) is 15.9 Å². The van der Waals surface area contributed by atoms with E-state index in [1.54, 1.807) is 12.1 Å². The molecule has 0 spiro atoms. The van der Waals surface area contributed by atoms with Crippen LogP contribution in [-0.2, 0) is 5.75 Å². The van der Waals surface area contributed by atoms with Gasteiger partial charge in [-0.1, -0.05) is 18.2 Å². The van der Waals surface area contributed by atoms with E-state index in [1.807, 2.05) is 0 Å². The van der Waals surface area contributed by atoms with E-state index in [2.05, 4.69) is 0 Å². The summed E-state index contributed by atoms with van der Waals surface area (Å²) in [5.74, 6) is -1.52. The summed E-state index contributed by atoms with van der Waals surface area (Å²) < 4.78 is 13.1. The molecule has 21 heavy (non-hydrogen) atoms.